The Bertz CT molecular complexity index is 1080. The van der Waals surface area contributed by atoms with Crippen molar-refractivity contribution in [2.24, 2.45) is 4.99 Å². The number of aryl methyl sites for hydroxylation is 1. The lowest BCUT2D eigenvalue weighted by Crippen LogP contribution is -2.02. The van der Waals surface area contributed by atoms with Gasteiger partial charge in [0.2, 0.25) is 0 Å². The van der Waals surface area contributed by atoms with Gasteiger partial charge in [-0.25, -0.2) is 0 Å². The molecule has 3 rings (SSSR count). The Balaban J connectivity index is 1.86. The van der Waals surface area contributed by atoms with Crippen molar-refractivity contribution < 1.29 is 9.47 Å². The maximum Gasteiger partial charge on any atom is 0.180 e. The van der Waals surface area contributed by atoms with E-state index in [1.807, 2.05) is 44.2 Å². The van der Waals surface area contributed by atoms with E-state index in [1.165, 1.54) is 0 Å². The van der Waals surface area contributed by atoms with E-state index >= 15 is 0 Å². The molecule has 30 heavy (non-hydrogen) atoms. The molecular weight excluding hydrogens is 464 g/mol. The van der Waals surface area contributed by atoms with E-state index in [4.69, 9.17) is 55.9 Å². The fraction of sp³-hybridized carbons (Fsp3) is 0.174. The van der Waals surface area contributed by atoms with Gasteiger partial charge >= 0.3 is 0 Å². The summed E-state index contributed by atoms with van der Waals surface area (Å²) < 4.78 is 11.7. The zero-order valence-corrected chi connectivity index (χ0v) is 19.4. The topological polar surface area (TPSA) is 30.8 Å². The van der Waals surface area contributed by atoms with Gasteiger partial charge in [0.15, 0.2) is 11.5 Å². The molecule has 7 heteroatoms. The van der Waals surface area contributed by atoms with Gasteiger partial charge in [0.1, 0.15) is 6.61 Å². The van der Waals surface area contributed by atoms with Crippen LogP contribution in [0.3, 0.4) is 0 Å². The molecule has 0 N–H and O–H groups in total. The zero-order chi connectivity index (χ0) is 21.7. The minimum atomic E-state index is 0.227. The summed E-state index contributed by atoms with van der Waals surface area (Å²) in [6.45, 7) is 4.55. The second-order valence-corrected chi connectivity index (χ2v) is 8.16. The van der Waals surface area contributed by atoms with Crippen LogP contribution in [-0.4, -0.2) is 12.8 Å². The minimum absolute atomic E-state index is 0.227. The fourth-order valence-electron chi connectivity index (χ4n) is 2.72. The van der Waals surface area contributed by atoms with E-state index in [2.05, 4.69) is 4.99 Å². The molecular formula is C23H19Cl4NO2. The summed E-state index contributed by atoms with van der Waals surface area (Å²) in [5.41, 5.74) is 3.38. The van der Waals surface area contributed by atoms with Crippen molar-refractivity contribution in [2.45, 2.75) is 20.5 Å². The number of halogens is 4. The Labute approximate surface area is 196 Å². The summed E-state index contributed by atoms with van der Waals surface area (Å²) in [7, 11) is 0. The zero-order valence-electron chi connectivity index (χ0n) is 16.4. The molecule has 0 aliphatic heterocycles. The summed E-state index contributed by atoms with van der Waals surface area (Å²) in [5, 5.41) is 2.13. The molecule has 3 nitrogen and oxygen atoms in total. The maximum absolute atomic E-state index is 6.50. The summed E-state index contributed by atoms with van der Waals surface area (Å²) >= 11 is 24.7. The first-order chi connectivity index (χ1) is 14.4. The smallest absolute Gasteiger partial charge is 0.180 e. The second kappa shape index (κ2) is 10.4. The van der Waals surface area contributed by atoms with Crippen LogP contribution in [0.25, 0.3) is 0 Å². The quantitative estimate of drug-likeness (QED) is 0.317. The Morgan fingerprint density at radius 2 is 1.60 bits per heavy atom. The monoisotopic (exact) mass is 481 g/mol. The van der Waals surface area contributed by atoms with E-state index in [1.54, 1.807) is 24.4 Å². The van der Waals surface area contributed by atoms with Crippen molar-refractivity contribution in [3.05, 3.63) is 85.3 Å². The Hall–Kier alpha value is -1.91. The Morgan fingerprint density at radius 1 is 0.867 bits per heavy atom. The summed E-state index contributed by atoms with van der Waals surface area (Å²) in [6.07, 6.45) is 1.72. The number of aliphatic imine (C=N–C) groups is 1. The highest BCUT2D eigenvalue weighted by Gasteiger charge is 2.13. The molecule has 0 aliphatic rings. The van der Waals surface area contributed by atoms with Gasteiger partial charge in [-0.2, -0.15) is 0 Å². The molecule has 0 atom stereocenters. The fourth-order valence-corrected chi connectivity index (χ4v) is 3.62. The number of ether oxygens (including phenoxy) is 2. The average molecular weight is 483 g/mol. The van der Waals surface area contributed by atoms with Crippen LogP contribution in [0.5, 0.6) is 11.5 Å². The van der Waals surface area contributed by atoms with Crippen LogP contribution in [0, 0.1) is 6.92 Å². The first kappa shape index (κ1) is 22.8. The molecule has 0 fully saturated rings. The number of hydrogen-bond donors (Lipinski definition) is 0. The first-order valence-electron chi connectivity index (χ1n) is 9.20. The predicted molar refractivity (Wildman–Crippen MR) is 127 cm³/mol. The molecule has 0 amide bonds. The number of rotatable bonds is 7. The molecule has 3 aromatic carbocycles. The number of benzene rings is 3. The third-order valence-corrected chi connectivity index (χ3v) is 5.35. The van der Waals surface area contributed by atoms with Gasteiger partial charge < -0.3 is 9.47 Å². The van der Waals surface area contributed by atoms with Gasteiger partial charge in [0.05, 0.1) is 17.3 Å². The SMILES string of the molecule is CCOc1cc(C=Nc2cc(Cl)ccc2C)cc(Cl)c1OCc1ccc(Cl)cc1Cl. The molecule has 0 aliphatic carbocycles. The Kier molecular flexibility index (Phi) is 7.90. The highest BCUT2D eigenvalue weighted by atomic mass is 35.5. The highest BCUT2D eigenvalue weighted by molar-refractivity contribution is 6.35. The van der Waals surface area contributed by atoms with Gasteiger partial charge in [-0.1, -0.05) is 58.5 Å². The van der Waals surface area contributed by atoms with Gasteiger partial charge in [-0.05, 0) is 61.4 Å². The van der Waals surface area contributed by atoms with Gasteiger partial charge in [-0.3, -0.25) is 4.99 Å². The van der Waals surface area contributed by atoms with Crippen molar-refractivity contribution in [3.8, 4) is 11.5 Å². The molecule has 0 unspecified atom stereocenters. The molecule has 0 radical (unpaired) electrons. The number of hydrogen-bond acceptors (Lipinski definition) is 3. The van der Waals surface area contributed by atoms with Gasteiger partial charge in [-0.15, -0.1) is 0 Å². The minimum Gasteiger partial charge on any atom is -0.490 e. The lowest BCUT2D eigenvalue weighted by atomic mass is 10.2. The van der Waals surface area contributed by atoms with Gasteiger partial charge in [0, 0.05) is 26.8 Å². The third-order valence-electron chi connectivity index (χ3n) is 4.24. The van der Waals surface area contributed by atoms with E-state index in [9.17, 15) is 0 Å². The van der Waals surface area contributed by atoms with Crippen molar-refractivity contribution in [3.63, 3.8) is 0 Å². The molecule has 0 heterocycles. The van der Waals surface area contributed by atoms with Crippen LogP contribution >= 0.6 is 46.4 Å². The molecule has 0 saturated carbocycles. The standard InChI is InChI=1S/C23H19Cl4NO2/c1-3-29-22-9-15(12-28-21-11-18(25)6-4-14(21)2)8-20(27)23(22)30-13-16-5-7-17(24)10-19(16)26/h4-12H,3,13H2,1-2H3. The molecule has 0 bridgehead atoms. The van der Waals surface area contributed by atoms with Gasteiger partial charge in [0.25, 0.3) is 0 Å². The normalized spacial score (nSPS) is 11.1. The lowest BCUT2D eigenvalue weighted by molar-refractivity contribution is 0.269. The summed E-state index contributed by atoms with van der Waals surface area (Å²) in [5.74, 6) is 0.972. The van der Waals surface area contributed by atoms with Crippen LogP contribution in [0.2, 0.25) is 20.1 Å². The largest absolute Gasteiger partial charge is 0.490 e. The van der Waals surface area contributed by atoms with E-state index in [0.29, 0.717) is 38.2 Å². The van der Waals surface area contributed by atoms with Crippen LogP contribution in [0.15, 0.2) is 53.5 Å². The lowest BCUT2D eigenvalue weighted by Gasteiger charge is -2.15. The molecule has 156 valence electrons. The third kappa shape index (κ3) is 5.83. The Morgan fingerprint density at radius 3 is 2.33 bits per heavy atom. The summed E-state index contributed by atoms with van der Waals surface area (Å²) in [4.78, 5) is 4.53. The maximum atomic E-state index is 6.50. The first-order valence-corrected chi connectivity index (χ1v) is 10.7. The van der Waals surface area contributed by atoms with Crippen molar-refractivity contribution >= 4 is 58.3 Å². The van der Waals surface area contributed by atoms with E-state index < -0.39 is 0 Å². The van der Waals surface area contributed by atoms with Crippen LogP contribution < -0.4 is 9.47 Å². The summed E-state index contributed by atoms with van der Waals surface area (Å²) in [6, 6.07) is 14.4. The molecule has 0 saturated heterocycles. The average Bonchev–Trinajstić information content (AvgIpc) is 2.69. The van der Waals surface area contributed by atoms with Crippen molar-refractivity contribution in [2.75, 3.05) is 6.61 Å². The molecule has 3 aromatic rings. The predicted octanol–water partition coefficient (Wildman–Crippen LogP) is 8.34. The van der Waals surface area contributed by atoms with E-state index in [0.717, 1.165) is 22.4 Å². The van der Waals surface area contributed by atoms with Crippen molar-refractivity contribution in [1.82, 2.24) is 0 Å². The van der Waals surface area contributed by atoms with Crippen LogP contribution in [0.4, 0.5) is 5.69 Å². The molecule has 0 spiro atoms. The highest BCUT2D eigenvalue weighted by Crippen LogP contribution is 2.37. The van der Waals surface area contributed by atoms with Crippen molar-refractivity contribution in [1.29, 1.82) is 0 Å². The van der Waals surface area contributed by atoms with Crippen LogP contribution in [0.1, 0.15) is 23.6 Å². The molecule has 0 aromatic heterocycles. The van der Waals surface area contributed by atoms with Crippen LogP contribution in [-0.2, 0) is 6.61 Å². The second-order valence-electron chi connectivity index (χ2n) is 6.48. The van der Waals surface area contributed by atoms with E-state index in [-0.39, 0.29) is 6.61 Å². The number of nitrogens with zero attached hydrogens (tertiary/aromatic N) is 1.